The lowest BCUT2D eigenvalue weighted by Crippen LogP contribution is -2.26. The van der Waals surface area contributed by atoms with E-state index in [4.69, 9.17) is 4.74 Å². The molecule has 1 aliphatic rings. The summed E-state index contributed by atoms with van der Waals surface area (Å²) in [5, 5.41) is 0. The van der Waals surface area contributed by atoms with Gasteiger partial charge in [0.1, 0.15) is 12.4 Å². The Morgan fingerprint density at radius 1 is 1.30 bits per heavy atom. The molecule has 0 spiro atoms. The highest BCUT2D eigenvalue weighted by atomic mass is 16.6. The standard InChI is InChI=1S/C15H15N3O2/c1-11-16-7-13-8-18(9-14(13)17-11)15(19)20-10-12-5-3-2-4-6-12/h2-7H,8-10H2,1H3. The highest BCUT2D eigenvalue weighted by molar-refractivity contribution is 5.68. The molecule has 0 fully saturated rings. The summed E-state index contributed by atoms with van der Waals surface area (Å²) in [7, 11) is 0. The lowest BCUT2D eigenvalue weighted by molar-refractivity contribution is 0.0953. The van der Waals surface area contributed by atoms with Crippen molar-refractivity contribution < 1.29 is 9.53 Å². The lowest BCUT2D eigenvalue weighted by atomic mass is 10.2. The van der Waals surface area contributed by atoms with E-state index in [1.54, 1.807) is 11.1 Å². The van der Waals surface area contributed by atoms with Gasteiger partial charge in [0.15, 0.2) is 0 Å². The third-order valence-corrected chi connectivity index (χ3v) is 3.24. The van der Waals surface area contributed by atoms with Crippen molar-refractivity contribution in [3.8, 4) is 0 Å². The molecule has 0 aliphatic carbocycles. The van der Waals surface area contributed by atoms with Gasteiger partial charge in [0.25, 0.3) is 0 Å². The number of benzene rings is 1. The SMILES string of the molecule is Cc1ncc2c(n1)CN(C(=O)OCc1ccccc1)C2. The van der Waals surface area contributed by atoms with Crippen LogP contribution in [0.4, 0.5) is 4.79 Å². The van der Waals surface area contributed by atoms with Gasteiger partial charge in [-0.2, -0.15) is 0 Å². The summed E-state index contributed by atoms with van der Waals surface area (Å²) >= 11 is 0. The topological polar surface area (TPSA) is 55.3 Å². The maximum Gasteiger partial charge on any atom is 0.410 e. The van der Waals surface area contributed by atoms with E-state index in [0.29, 0.717) is 13.1 Å². The first-order valence-corrected chi connectivity index (χ1v) is 6.49. The van der Waals surface area contributed by atoms with Crippen molar-refractivity contribution in [1.29, 1.82) is 0 Å². The summed E-state index contributed by atoms with van der Waals surface area (Å²) in [5.41, 5.74) is 2.88. The second-order valence-corrected chi connectivity index (χ2v) is 4.79. The molecule has 2 aromatic rings. The van der Waals surface area contributed by atoms with E-state index in [1.165, 1.54) is 0 Å². The maximum absolute atomic E-state index is 12.0. The molecule has 102 valence electrons. The van der Waals surface area contributed by atoms with Gasteiger partial charge in [-0.25, -0.2) is 14.8 Å². The van der Waals surface area contributed by atoms with E-state index >= 15 is 0 Å². The highest BCUT2D eigenvalue weighted by Crippen LogP contribution is 2.21. The fraction of sp³-hybridized carbons (Fsp3) is 0.267. The van der Waals surface area contributed by atoms with Gasteiger partial charge in [0.2, 0.25) is 0 Å². The Hall–Kier alpha value is -2.43. The molecule has 5 heteroatoms. The average Bonchev–Trinajstić information content (AvgIpc) is 2.89. The van der Waals surface area contributed by atoms with Crippen LogP contribution in [0.2, 0.25) is 0 Å². The monoisotopic (exact) mass is 269 g/mol. The molecule has 0 saturated carbocycles. The summed E-state index contributed by atoms with van der Waals surface area (Å²) in [5.74, 6) is 0.725. The fourth-order valence-electron chi connectivity index (χ4n) is 2.19. The zero-order valence-corrected chi connectivity index (χ0v) is 11.2. The number of nitrogens with zero attached hydrogens (tertiary/aromatic N) is 3. The van der Waals surface area contributed by atoms with Crippen molar-refractivity contribution in [2.24, 2.45) is 0 Å². The molecule has 1 aromatic carbocycles. The predicted molar refractivity (Wildman–Crippen MR) is 72.6 cm³/mol. The molecule has 0 atom stereocenters. The number of hydrogen-bond donors (Lipinski definition) is 0. The molecule has 3 rings (SSSR count). The van der Waals surface area contributed by atoms with Gasteiger partial charge in [-0.1, -0.05) is 30.3 Å². The van der Waals surface area contributed by atoms with Crippen LogP contribution in [0.1, 0.15) is 22.6 Å². The smallest absolute Gasteiger partial charge is 0.410 e. The van der Waals surface area contributed by atoms with Gasteiger partial charge < -0.3 is 4.74 Å². The number of aryl methyl sites for hydroxylation is 1. The van der Waals surface area contributed by atoms with Gasteiger partial charge in [0.05, 0.1) is 18.8 Å². The Kier molecular flexibility index (Phi) is 3.33. The fourth-order valence-corrected chi connectivity index (χ4v) is 2.19. The number of fused-ring (bicyclic) bond motifs is 1. The number of amides is 1. The lowest BCUT2D eigenvalue weighted by Gasteiger charge is -2.14. The van der Waals surface area contributed by atoms with Gasteiger partial charge in [-0.05, 0) is 12.5 Å². The molecule has 0 N–H and O–H groups in total. The number of carbonyl (C=O) groups excluding carboxylic acids is 1. The second kappa shape index (κ2) is 5.28. The van der Waals surface area contributed by atoms with Crippen molar-refractivity contribution in [3.05, 3.63) is 59.2 Å². The first-order valence-electron chi connectivity index (χ1n) is 6.49. The minimum atomic E-state index is -0.315. The molecule has 1 amide bonds. The van der Waals surface area contributed by atoms with Crippen LogP contribution in [0.5, 0.6) is 0 Å². The van der Waals surface area contributed by atoms with Gasteiger partial charge in [-0.3, -0.25) is 4.90 Å². The minimum Gasteiger partial charge on any atom is -0.445 e. The highest BCUT2D eigenvalue weighted by Gasteiger charge is 2.25. The molecular formula is C15H15N3O2. The van der Waals surface area contributed by atoms with Crippen molar-refractivity contribution in [3.63, 3.8) is 0 Å². The Morgan fingerprint density at radius 2 is 2.10 bits per heavy atom. The van der Waals surface area contributed by atoms with Crippen molar-refractivity contribution in [2.75, 3.05) is 0 Å². The number of carbonyl (C=O) groups is 1. The van der Waals surface area contributed by atoms with E-state index in [-0.39, 0.29) is 12.7 Å². The van der Waals surface area contributed by atoms with Crippen molar-refractivity contribution >= 4 is 6.09 Å². The van der Waals surface area contributed by atoms with Gasteiger partial charge in [0, 0.05) is 11.8 Å². The second-order valence-electron chi connectivity index (χ2n) is 4.79. The van der Waals surface area contributed by atoms with E-state index < -0.39 is 0 Å². The van der Waals surface area contributed by atoms with Crippen LogP contribution in [0.25, 0.3) is 0 Å². The van der Waals surface area contributed by atoms with Crippen molar-refractivity contribution in [1.82, 2.24) is 14.9 Å². The molecule has 2 heterocycles. The minimum absolute atomic E-state index is 0.289. The maximum atomic E-state index is 12.0. The average molecular weight is 269 g/mol. The third-order valence-electron chi connectivity index (χ3n) is 3.24. The van der Waals surface area contributed by atoms with Gasteiger partial charge in [-0.15, -0.1) is 0 Å². The van der Waals surface area contributed by atoms with Crippen LogP contribution < -0.4 is 0 Å². The van der Waals surface area contributed by atoms with Crippen molar-refractivity contribution in [2.45, 2.75) is 26.6 Å². The van der Waals surface area contributed by atoms with Crippen LogP contribution in [0.3, 0.4) is 0 Å². The third kappa shape index (κ3) is 2.61. The van der Waals surface area contributed by atoms with Crippen LogP contribution in [0.15, 0.2) is 36.5 Å². The summed E-state index contributed by atoms with van der Waals surface area (Å²) in [6.07, 6.45) is 1.46. The Labute approximate surface area is 117 Å². The molecule has 0 radical (unpaired) electrons. The van der Waals surface area contributed by atoms with E-state index in [2.05, 4.69) is 9.97 Å². The first-order chi connectivity index (χ1) is 9.72. The summed E-state index contributed by atoms with van der Waals surface area (Å²) in [6, 6.07) is 9.64. The normalized spacial score (nSPS) is 13.2. The predicted octanol–water partition coefficient (Wildman–Crippen LogP) is 2.44. The zero-order chi connectivity index (χ0) is 13.9. The molecule has 0 saturated heterocycles. The van der Waals surface area contributed by atoms with Crippen LogP contribution in [-0.2, 0) is 24.4 Å². The van der Waals surface area contributed by atoms with Crippen LogP contribution in [-0.4, -0.2) is 21.0 Å². The number of rotatable bonds is 2. The zero-order valence-electron chi connectivity index (χ0n) is 11.2. The largest absolute Gasteiger partial charge is 0.445 e. The molecule has 20 heavy (non-hydrogen) atoms. The number of aromatic nitrogens is 2. The molecule has 0 unspecified atom stereocenters. The first kappa shape index (κ1) is 12.6. The number of ether oxygens (including phenoxy) is 1. The van der Waals surface area contributed by atoms with Crippen LogP contribution >= 0.6 is 0 Å². The quantitative estimate of drug-likeness (QED) is 0.840. The Balaban J connectivity index is 1.60. The molecule has 1 aliphatic heterocycles. The van der Waals surface area contributed by atoms with E-state index in [9.17, 15) is 4.79 Å². The molecular weight excluding hydrogens is 254 g/mol. The molecule has 5 nitrogen and oxygen atoms in total. The molecule has 1 aromatic heterocycles. The van der Waals surface area contributed by atoms with E-state index in [0.717, 1.165) is 22.6 Å². The summed E-state index contributed by atoms with van der Waals surface area (Å²) in [4.78, 5) is 22.2. The van der Waals surface area contributed by atoms with Crippen LogP contribution in [0, 0.1) is 6.92 Å². The van der Waals surface area contributed by atoms with E-state index in [1.807, 2.05) is 37.3 Å². The van der Waals surface area contributed by atoms with Gasteiger partial charge >= 0.3 is 6.09 Å². The Morgan fingerprint density at radius 3 is 2.90 bits per heavy atom. The number of hydrogen-bond acceptors (Lipinski definition) is 4. The Bertz CT molecular complexity index is 628. The summed E-state index contributed by atoms with van der Waals surface area (Å²) in [6.45, 7) is 3.14. The summed E-state index contributed by atoms with van der Waals surface area (Å²) < 4.78 is 5.31. The molecule has 0 bridgehead atoms.